The van der Waals surface area contributed by atoms with Gasteiger partial charge in [-0.3, -0.25) is 9.10 Å². The van der Waals surface area contributed by atoms with Crippen LogP contribution in [0.15, 0.2) is 48.5 Å². The molecule has 2 aromatic rings. The van der Waals surface area contributed by atoms with E-state index in [0.717, 1.165) is 10.6 Å². The predicted octanol–water partition coefficient (Wildman–Crippen LogP) is 2.28. The van der Waals surface area contributed by atoms with Crippen molar-refractivity contribution in [3.63, 3.8) is 0 Å². The fourth-order valence-electron chi connectivity index (χ4n) is 2.40. The number of benzene rings is 2. The zero-order chi connectivity index (χ0) is 20.7. The molecule has 0 heterocycles. The highest BCUT2D eigenvalue weighted by Gasteiger charge is 2.21. The van der Waals surface area contributed by atoms with Gasteiger partial charge >= 0.3 is 5.97 Å². The molecule has 2 aromatic carbocycles. The first kappa shape index (κ1) is 21.2. The lowest BCUT2D eigenvalue weighted by Gasteiger charge is -2.22. The average Bonchev–Trinajstić information content (AvgIpc) is 2.66. The molecule has 0 bridgehead atoms. The lowest BCUT2D eigenvalue weighted by Crippen LogP contribution is -2.37. The number of carbonyl (C=O) groups excluding carboxylic acids is 2. The summed E-state index contributed by atoms with van der Waals surface area (Å²) in [7, 11) is -2.23. The number of anilines is 2. The number of nitrogens with zero attached hydrogens (tertiary/aromatic N) is 1. The third-order valence-electron chi connectivity index (χ3n) is 3.71. The molecule has 0 aromatic heterocycles. The highest BCUT2D eigenvalue weighted by Crippen LogP contribution is 2.23. The smallest absolute Gasteiger partial charge is 0.338 e. The Kier molecular flexibility index (Phi) is 7.00. The van der Waals surface area contributed by atoms with E-state index in [1.165, 1.54) is 25.3 Å². The molecule has 0 aliphatic carbocycles. The van der Waals surface area contributed by atoms with Crippen molar-refractivity contribution in [3.8, 4) is 5.75 Å². The molecule has 0 saturated heterocycles. The topological polar surface area (TPSA) is 102 Å². The van der Waals surface area contributed by atoms with Crippen LogP contribution in [0.4, 0.5) is 11.4 Å². The van der Waals surface area contributed by atoms with Crippen molar-refractivity contribution in [1.29, 1.82) is 0 Å². The molecule has 2 rings (SSSR count). The highest BCUT2D eigenvalue weighted by molar-refractivity contribution is 7.92. The maximum absolute atomic E-state index is 12.4. The van der Waals surface area contributed by atoms with E-state index in [9.17, 15) is 18.0 Å². The van der Waals surface area contributed by atoms with Crippen LogP contribution in [0, 0.1) is 0 Å². The van der Waals surface area contributed by atoms with E-state index in [2.05, 4.69) is 5.32 Å². The van der Waals surface area contributed by atoms with Gasteiger partial charge in [0.05, 0.1) is 31.2 Å². The Labute approximate surface area is 164 Å². The van der Waals surface area contributed by atoms with Gasteiger partial charge in [0, 0.05) is 11.8 Å². The molecule has 0 saturated carbocycles. The number of methoxy groups -OCH3 is 1. The van der Waals surface area contributed by atoms with Crippen molar-refractivity contribution in [2.75, 3.05) is 36.1 Å². The lowest BCUT2D eigenvalue weighted by molar-refractivity contribution is -0.114. The molecule has 9 heteroatoms. The van der Waals surface area contributed by atoms with Crippen LogP contribution in [0.5, 0.6) is 5.75 Å². The Morgan fingerprint density at radius 3 is 2.36 bits per heavy atom. The van der Waals surface area contributed by atoms with Crippen LogP contribution in [-0.4, -0.2) is 46.8 Å². The van der Waals surface area contributed by atoms with E-state index in [4.69, 9.17) is 9.47 Å². The minimum atomic E-state index is -3.70. The van der Waals surface area contributed by atoms with E-state index in [0.29, 0.717) is 22.7 Å². The Morgan fingerprint density at radius 1 is 1.11 bits per heavy atom. The SMILES string of the molecule is CCOC(=O)c1ccc(NC(=O)CN(c2cccc(OC)c2)S(C)(=O)=O)cc1. The van der Waals surface area contributed by atoms with E-state index in [-0.39, 0.29) is 6.61 Å². The Hall–Kier alpha value is -3.07. The number of rotatable bonds is 8. The van der Waals surface area contributed by atoms with Crippen LogP contribution < -0.4 is 14.4 Å². The number of hydrogen-bond donors (Lipinski definition) is 1. The Bertz CT molecular complexity index is 941. The Balaban J connectivity index is 2.13. The molecule has 8 nitrogen and oxygen atoms in total. The maximum Gasteiger partial charge on any atom is 0.338 e. The second-order valence-corrected chi connectivity index (χ2v) is 7.72. The summed E-state index contributed by atoms with van der Waals surface area (Å²) in [6.45, 7) is 1.57. The van der Waals surface area contributed by atoms with Gasteiger partial charge in [0.1, 0.15) is 12.3 Å². The fraction of sp³-hybridized carbons (Fsp3) is 0.263. The third kappa shape index (κ3) is 5.71. The van der Waals surface area contributed by atoms with Gasteiger partial charge in [-0.1, -0.05) is 6.07 Å². The number of esters is 1. The van der Waals surface area contributed by atoms with Crippen LogP contribution in [0.25, 0.3) is 0 Å². The molecule has 1 N–H and O–H groups in total. The predicted molar refractivity (Wildman–Crippen MR) is 106 cm³/mol. The molecule has 0 radical (unpaired) electrons. The standard InChI is InChI=1S/C19H22N2O6S/c1-4-27-19(23)14-8-10-15(11-9-14)20-18(22)13-21(28(3,24)25)16-6-5-7-17(12-16)26-2/h5-12H,4,13H2,1-3H3,(H,20,22). The van der Waals surface area contributed by atoms with E-state index in [1.54, 1.807) is 37.3 Å². The van der Waals surface area contributed by atoms with Crippen molar-refractivity contribution in [2.24, 2.45) is 0 Å². The first-order valence-electron chi connectivity index (χ1n) is 8.43. The van der Waals surface area contributed by atoms with E-state index < -0.39 is 28.4 Å². The van der Waals surface area contributed by atoms with Crippen LogP contribution >= 0.6 is 0 Å². The molecular formula is C19H22N2O6S. The van der Waals surface area contributed by atoms with Crippen molar-refractivity contribution in [3.05, 3.63) is 54.1 Å². The van der Waals surface area contributed by atoms with Gasteiger partial charge in [-0.25, -0.2) is 13.2 Å². The lowest BCUT2D eigenvalue weighted by atomic mass is 10.2. The number of ether oxygens (including phenoxy) is 2. The van der Waals surface area contributed by atoms with Gasteiger partial charge in [-0.2, -0.15) is 0 Å². The average molecular weight is 406 g/mol. The molecule has 0 atom stereocenters. The molecule has 1 amide bonds. The summed E-state index contributed by atoms with van der Waals surface area (Å²) in [5.74, 6) is -0.514. The van der Waals surface area contributed by atoms with Gasteiger partial charge in [0.15, 0.2) is 0 Å². The first-order chi connectivity index (χ1) is 13.2. The molecule has 0 aliphatic rings. The number of nitrogens with one attached hydrogen (secondary N) is 1. The van der Waals surface area contributed by atoms with Gasteiger partial charge in [-0.15, -0.1) is 0 Å². The van der Waals surface area contributed by atoms with E-state index >= 15 is 0 Å². The van der Waals surface area contributed by atoms with Crippen LogP contribution in [-0.2, 0) is 19.6 Å². The number of amides is 1. The number of carbonyl (C=O) groups is 2. The second kappa shape index (κ2) is 9.23. The summed E-state index contributed by atoms with van der Waals surface area (Å²) >= 11 is 0. The molecule has 150 valence electrons. The summed E-state index contributed by atoms with van der Waals surface area (Å²) in [6, 6.07) is 12.5. The van der Waals surface area contributed by atoms with Crippen molar-refractivity contribution in [1.82, 2.24) is 0 Å². The van der Waals surface area contributed by atoms with Gasteiger partial charge < -0.3 is 14.8 Å². The highest BCUT2D eigenvalue weighted by atomic mass is 32.2. The zero-order valence-electron chi connectivity index (χ0n) is 15.8. The molecule has 28 heavy (non-hydrogen) atoms. The normalized spacial score (nSPS) is 10.8. The van der Waals surface area contributed by atoms with Crippen LogP contribution in [0.2, 0.25) is 0 Å². The summed E-state index contributed by atoms with van der Waals surface area (Å²) in [5.41, 5.74) is 1.10. The third-order valence-corrected chi connectivity index (χ3v) is 4.85. The summed E-state index contributed by atoms with van der Waals surface area (Å²) in [4.78, 5) is 24.0. The maximum atomic E-state index is 12.4. The number of hydrogen-bond acceptors (Lipinski definition) is 6. The summed E-state index contributed by atoms with van der Waals surface area (Å²) in [6.07, 6.45) is 1.02. The summed E-state index contributed by atoms with van der Waals surface area (Å²) < 4.78 is 35.3. The van der Waals surface area contributed by atoms with Crippen molar-refractivity contribution >= 4 is 33.3 Å². The van der Waals surface area contributed by atoms with Gasteiger partial charge in [0.2, 0.25) is 15.9 Å². The van der Waals surface area contributed by atoms with Crippen LogP contribution in [0.3, 0.4) is 0 Å². The summed E-state index contributed by atoms with van der Waals surface area (Å²) in [5, 5.41) is 2.61. The molecular weight excluding hydrogens is 384 g/mol. The minimum Gasteiger partial charge on any atom is -0.497 e. The molecule has 0 fully saturated rings. The molecule has 0 aliphatic heterocycles. The Morgan fingerprint density at radius 2 is 1.79 bits per heavy atom. The zero-order valence-corrected chi connectivity index (χ0v) is 16.7. The molecule has 0 spiro atoms. The van der Waals surface area contributed by atoms with Gasteiger partial charge in [-0.05, 0) is 43.3 Å². The second-order valence-electron chi connectivity index (χ2n) is 5.82. The fourth-order valence-corrected chi connectivity index (χ4v) is 3.25. The monoisotopic (exact) mass is 406 g/mol. The largest absolute Gasteiger partial charge is 0.497 e. The molecule has 0 unspecified atom stereocenters. The van der Waals surface area contributed by atoms with Gasteiger partial charge in [0.25, 0.3) is 0 Å². The quantitative estimate of drug-likeness (QED) is 0.675. The van der Waals surface area contributed by atoms with E-state index in [1.807, 2.05) is 0 Å². The minimum absolute atomic E-state index is 0.267. The van der Waals surface area contributed by atoms with Crippen molar-refractivity contribution in [2.45, 2.75) is 6.92 Å². The van der Waals surface area contributed by atoms with Crippen LogP contribution in [0.1, 0.15) is 17.3 Å². The number of sulfonamides is 1. The first-order valence-corrected chi connectivity index (χ1v) is 10.3. The van der Waals surface area contributed by atoms with Crippen molar-refractivity contribution < 1.29 is 27.5 Å².